The summed E-state index contributed by atoms with van der Waals surface area (Å²) in [5, 5.41) is 3.12. The van der Waals surface area contributed by atoms with Gasteiger partial charge in [-0.2, -0.15) is 0 Å². The maximum atomic E-state index is 12.5. The summed E-state index contributed by atoms with van der Waals surface area (Å²) < 4.78 is 1.51. The molecule has 0 radical (unpaired) electrons. The molecule has 0 bridgehead atoms. The van der Waals surface area contributed by atoms with Crippen LogP contribution in [-0.4, -0.2) is 32.7 Å². The van der Waals surface area contributed by atoms with Crippen molar-refractivity contribution in [1.82, 2.24) is 19.9 Å². The number of hydrogen-bond acceptors (Lipinski definition) is 5. The monoisotopic (exact) mass is 410 g/mol. The topological polar surface area (TPSA) is 96.8 Å². The zero-order valence-electron chi connectivity index (χ0n) is 16.3. The average molecular weight is 410 g/mol. The van der Waals surface area contributed by atoms with Crippen molar-refractivity contribution in [1.29, 1.82) is 0 Å². The minimum Gasteiger partial charge on any atom is -0.351 e. The number of H-pyrrole nitrogens is 1. The van der Waals surface area contributed by atoms with E-state index in [9.17, 15) is 14.4 Å². The second kappa shape index (κ2) is 7.87. The lowest BCUT2D eigenvalue weighted by molar-refractivity contribution is 0.0956. The third kappa shape index (κ3) is 4.12. The number of hydrogen-bond donors (Lipinski definition) is 2. The first-order chi connectivity index (χ1) is 13.9. The summed E-state index contributed by atoms with van der Waals surface area (Å²) >= 11 is 1.68. The maximum absolute atomic E-state index is 12.5. The van der Waals surface area contributed by atoms with E-state index in [4.69, 9.17) is 0 Å². The second-order valence-electron chi connectivity index (χ2n) is 7.31. The van der Waals surface area contributed by atoms with Crippen LogP contribution in [0.15, 0.2) is 44.9 Å². The fourth-order valence-corrected chi connectivity index (χ4v) is 4.04. The van der Waals surface area contributed by atoms with Crippen molar-refractivity contribution in [2.45, 2.75) is 37.6 Å². The summed E-state index contributed by atoms with van der Waals surface area (Å²) in [5.41, 5.74) is 2.18. The Morgan fingerprint density at radius 2 is 2.03 bits per heavy atom. The van der Waals surface area contributed by atoms with Crippen LogP contribution in [0.3, 0.4) is 0 Å². The number of thioether (sulfide) groups is 1. The second-order valence-corrected chi connectivity index (χ2v) is 8.47. The first-order valence-corrected chi connectivity index (χ1v) is 10.6. The maximum Gasteiger partial charge on any atom is 0.330 e. The van der Waals surface area contributed by atoms with Gasteiger partial charge in [-0.15, -0.1) is 11.8 Å². The number of aromatic amines is 1. The lowest BCUT2D eigenvalue weighted by atomic mass is 10.1. The van der Waals surface area contributed by atoms with E-state index in [-0.39, 0.29) is 17.3 Å². The number of carbonyl (C=O) groups is 1. The van der Waals surface area contributed by atoms with Crippen molar-refractivity contribution < 1.29 is 4.79 Å². The van der Waals surface area contributed by atoms with Gasteiger partial charge < -0.3 is 5.32 Å². The van der Waals surface area contributed by atoms with Crippen LogP contribution in [0.2, 0.25) is 0 Å². The summed E-state index contributed by atoms with van der Waals surface area (Å²) in [6.07, 6.45) is 3.21. The van der Waals surface area contributed by atoms with Crippen LogP contribution in [0.4, 0.5) is 0 Å². The standard InChI is InChI=1S/C21H22N4O3S/c1-12-3-6-16(9-13(12)2)29-8-7-22-19(26)14-10-17-18(23-11-14)25(15-4-5-15)21(28)24-20(17)27/h3,6,9-11,15H,4-5,7-8H2,1-2H3,(H,22,26)(H,24,27,28). The summed E-state index contributed by atoms with van der Waals surface area (Å²) in [6.45, 7) is 4.65. The third-order valence-corrected chi connectivity index (χ3v) is 6.08. The molecule has 2 N–H and O–H groups in total. The minimum atomic E-state index is -0.519. The van der Waals surface area contributed by atoms with Gasteiger partial charge in [0.05, 0.1) is 10.9 Å². The van der Waals surface area contributed by atoms with Crippen molar-refractivity contribution in [2.75, 3.05) is 12.3 Å². The number of pyridine rings is 1. The predicted molar refractivity (Wildman–Crippen MR) is 114 cm³/mol. The van der Waals surface area contributed by atoms with Crippen LogP contribution in [0, 0.1) is 13.8 Å². The molecule has 150 valence electrons. The normalized spacial score (nSPS) is 13.6. The molecule has 0 atom stereocenters. The number of benzene rings is 1. The quantitative estimate of drug-likeness (QED) is 0.481. The van der Waals surface area contributed by atoms with Crippen molar-refractivity contribution in [3.05, 3.63) is 68.0 Å². The van der Waals surface area contributed by atoms with Gasteiger partial charge in [0.15, 0.2) is 0 Å². The van der Waals surface area contributed by atoms with Crippen LogP contribution in [0.1, 0.15) is 40.4 Å². The molecule has 8 heteroatoms. The Balaban J connectivity index is 1.44. The fraction of sp³-hybridized carbons (Fsp3) is 0.333. The Morgan fingerprint density at radius 1 is 1.24 bits per heavy atom. The van der Waals surface area contributed by atoms with E-state index in [1.165, 1.54) is 32.9 Å². The first-order valence-electron chi connectivity index (χ1n) is 9.57. The fourth-order valence-electron chi connectivity index (χ4n) is 3.17. The van der Waals surface area contributed by atoms with Crippen molar-refractivity contribution >= 4 is 28.7 Å². The molecule has 2 aromatic heterocycles. The summed E-state index contributed by atoms with van der Waals surface area (Å²) in [4.78, 5) is 44.5. The molecule has 3 aromatic rings. The Bertz CT molecular complexity index is 1210. The number of aryl methyl sites for hydroxylation is 2. The van der Waals surface area contributed by atoms with E-state index in [1.54, 1.807) is 11.8 Å². The van der Waals surface area contributed by atoms with Gasteiger partial charge >= 0.3 is 5.69 Å². The zero-order valence-corrected chi connectivity index (χ0v) is 17.1. The zero-order chi connectivity index (χ0) is 20.5. The molecule has 1 aliphatic carbocycles. The highest BCUT2D eigenvalue weighted by Gasteiger charge is 2.27. The molecule has 1 fully saturated rings. The molecule has 7 nitrogen and oxygen atoms in total. The molecule has 1 amide bonds. The molecule has 0 aliphatic heterocycles. The van der Waals surface area contributed by atoms with Gasteiger partial charge in [-0.25, -0.2) is 9.78 Å². The van der Waals surface area contributed by atoms with Gasteiger partial charge in [-0.3, -0.25) is 19.1 Å². The van der Waals surface area contributed by atoms with Crippen molar-refractivity contribution in [2.24, 2.45) is 0 Å². The van der Waals surface area contributed by atoms with Crippen molar-refractivity contribution in [3.8, 4) is 0 Å². The van der Waals surface area contributed by atoms with E-state index in [1.807, 2.05) is 0 Å². The third-order valence-electron chi connectivity index (χ3n) is 5.09. The molecule has 1 aliphatic rings. The largest absolute Gasteiger partial charge is 0.351 e. The molecule has 1 aromatic carbocycles. The molecule has 4 rings (SSSR count). The number of carbonyl (C=O) groups excluding carboxylic acids is 1. The highest BCUT2D eigenvalue weighted by Crippen LogP contribution is 2.34. The molecular weight excluding hydrogens is 388 g/mol. The highest BCUT2D eigenvalue weighted by molar-refractivity contribution is 7.99. The Kier molecular flexibility index (Phi) is 5.27. The molecule has 1 saturated carbocycles. The van der Waals surface area contributed by atoms with Gasteiger partial charge in [-0.1, -0.05) is 6.07 Å². The van der Waals surface area contributed by atoms with Crippen LogP contribution in [0.5, 0.6) is 0 Å². The lowest BCUT2D eigenvalue weighted by Gasteiger charge is -2.09. The predicted octanol–water partition coefficient (Wildman–Crippen LogP) is 2.56. The summed E-state index contributed by atoms with van der Waals surface area (Å²) in [5.74, 6) is 0.445. The number of nitrogens with one attached hydrogen (secondary N) is 2. The van der Waals surface area contributed by atoms with Gasteiger partial charge in [0.25, 0.3) is 11.5 Å². The van der Waals surface area contributed by atoms with E-state index in [0.29, 0.717) is 17.8 Å². The van der Waals surface area contributed by atoms with E-state index in [0.717, 1.165) is 18.6 Å². The van der Waals surface area contributed by atoms with Crippen LogP contribution < -0.4 is 16.6 Å². The molecular formula is C21H22N4O3S. The van der Waals surface area contributed by atoms with Crippen molar-refractivity contribution in [3.63, 3.8) is 0 Å². The first kappa shape index (κ1) is 19.4. The Hall–Kier alpha value is -2.87. The van der Waals surface area contributed by atoms with Gasteiger partial charge in [-0.05, 0) is 56.0 Å². The molecule has 0 spiro atoms. The number of fused-ring (bicyclic) bond motifs is 1. The van der Waals surface area contributed by atoms with Gasteiger partial charge in [0, 0.05) is 29.4 Å². The lowest BCUT2D eigenvalue weighted by Crippen LogP contribution is -2.31. The van der Waals surface area contributed by atoms with E-state index in [2.05, 4.69) is 47.3 Å². The number of rotatable bonds is 6. The number of aromatic nitrogens is 3. The van der Waals surface area contributed by atoms with Crippen LogP contribution in [0.25, 0.3) is 11.0 Å². The Labute approximate surface area is 171 Å². The number of nitrogens with zero attached hydrogens (tertiary/aromatic N) is 2. The molecule has 0 unspecified atom stereocenters. The average Bonchev–Trinajstić information content (AvgIpc) is 3.52. The minimum absolute atomic E-state index is 0.0801. The van der Waals surface area contributed by atoms with Gasteiger partial charge in [0.1, 0.15) is 5.65 Å². The van der Waals surface area contributed by atoms with Crippen LogP contribution >= 0.6 is 11.8 Å². The SMILES string of the molecule is Cc1ccc(SCCNC(=O)c2cnc3c(c2)c(=O)[nH]c(=O)n3C2CC2)cc1C. The van der Waals surface area contributed by atoms with E-state index >= 15 is 0 Å². The summed E-state index contributed by atoms with van der Waals surface area (Å²) in [6, 6.07) is 7.90. The smallest absolute Gasteiger partial charge is 0.330 e. The van der Waals surface area contributed by atoms with Gasteiger partial charge in [0.2, 0.25) is 0 Å². The highest BCUT2D eigenvalue weighted by atomic mass is 32.2. The summed E-state index contributed by atoms with van der Waals surface area (Å²) in [7, 11) is 0. The molecule has 0 saturated heterocycles. The van der Waals surface area contributed by atoms with Crippen LogP contribution in [-0.2, 0) is 0 Å². The Morgan fingerprint density at radius 3 is 2.76 bits per heavy atom. The van der Waals surface area contributed by atoms with E-state index < -0.39 is 11.2 Å². The number of amides is 1. The molecule has 29 heavy (non-hydrogen) atoms. The molecule has 2 heterocycles.